The average molecular weight is 512 g/mol. The Morgan fingerprint density at radius 2 is 1.97 bits per heavy atom. The minimum Gasteiger partial charge on any atom is -0.507 e. The van der Waals surface area contributed by atoms with Gasteiger partial charge in [0.2, 0.25) is 11.8 Å². The zero-order chi connectivity index (χ0) is 24.2. The topological polar surface area (TPSA) is 87.4 Å². The van der Waals surface area contributed by atoms with Gasteiger partial charge in [-0.25, -0.2) is 4.98 Å². The molecule has 0 unspecified atom stereocenters. The van der Waals surface area contributed by atoms with Crippen LogP contribution >= 0.6 is 35.4 Å². The number of aromatic nitrogens is 1. The second-order valence-electron chi connectivity index (χ2n) is 7.35. The molecule has 0 spiro atoms. The number of nitrogens with one attached hydrogen (secondary N) is 2. The normalized spacial score (nSPS) is 11.1. The highest BCUT2D eigenvalue weighted by Crippen LogP contribution is 2.33. The number of phenolic OH excluding ortho intramolecular Hbond substituents is 1. The number of nitrogens with zero attached hydrogens (tertiary/aromatic N) is 1. The third kappa shape index (κ3) is 5.56. The summed E-state index contributed by atoms with van der Waals surface area (Å²) in [5, 5.41) is 16.9. The summed E-state index contributed by atoms with van der Waals surface area (Å²) in [5.74, 6) is -0.171. The van der Waals surface area contributed by atoms with Gasteiger partial charge in [-0.15, -0.1) is 0 Å². The van der Waals surface area contributed by atoms with E-state index in [1.807, 2.05) is 18.2 Å². The molecule has 1 amide bonds. The number of hydrogen-bond donors (Lipinski definition) is 3. The Morgan fingerprint density at radius 3 is 2.71 bits per heavy atom. The second kappa shape index (κ2) is 10.3. The second-order valence-corrected chi connectivity index (χ2v) is 8.60. The van der Waals surface area contributed by atoms with Crippen LogP contribution < -0.4 is 10.6 Å². The lowest BCUT2D eigenvalue weighted by atomic mass is 10.1. The molecular formula is C25H19Cl2N3O3S. The van der Waals surface area contributed by atoms with Crippen LogP contribution in [-0.2, 0) is 11.2 Å². The van der Waals surface area contributed by atoms with E-state index in [0.29, 0.717) is 38.3 Å². The number of carbonyl (C=O) groups is 1. The third-order valence-corrected chi connectivity index (χ3v) is 5.73. The minimum atomic E-state index is -0.442. The summed E-state index contributed by atoms with van der Waals surface area (Å²) in [7, 11) is 0. The Kier molecular flexibility index (Phi) is 7.17. The van der Waals surface area contributed by atoms with Gasteiger partial charge in [0.05, 0.1) is 5.56 Å². The Balaban J connectivity index is 1.41. The maximum Gasteiger partial charge on any atom is 0.250 e. The minimum absolute atomic E-state index is 0.0429. The van der Waals surface area contributed by atoms with Crippen molar-refractivity contribution in [2.75, 3.05) is 5.32 Å². The number of carbonyl (C=O) groups excluding carboxylic acids is 1. The first kappa shape index (κ1) is 23.8. The maximum atomic E-state index is 12.2. The van der Waals surface area contributed by atoms with Gasteiger partial charge in [-0.2, -0.15) is 0 Å². The highest BCUT2D eigenvalue weighted by Gasteiger charge is 2.14. The van der Waals surface area contributed by atoms with Gasteiger partial charge < -0.3 is 14.8 Å². The van der Waals surface area contributed by atoms with E-state index >= 15 is 0 Å². The predicted molar refractivity (Wildman–Crippen MR) is 140 cm³/mol. The number of aromatic hydroxyl groups is 1. The van der Waals surface area contributed by atoms with Crippen molar-refractivity contribution in [2.24, 2.45) is 0 Å². The number of halogens is 2. The van der Waals surface area contributed by atoms with Crippen molar-refractivity contribution in [2.45, 2.75) is 13.3 Å². The van der Waals surface area contributed by atoms with Crippen LogP contribution in [0.3, 0.4) is 0 Å². The first-order valence-electron chi connectivity index (χ1n) is 10.3. The van der Waals surface area contributed by atoms with E-state index < -0.39 is 5.91 Å². The van der Waals surface area contributed by atoms with E-state index in [0.717, 1.165) is 17.5 Å². The molecule has 0 radical (unpaired) electrons. The van der Waals surface area contributed by atoms with Crippen LogP contribution in [0.2, 0.25) is 10.0 Å². The fraction of sp³-hybridized carbons (Fsp3) is 0.0800. The van der Waals surface area contributed by atoms with Crippen LogP contribution in [-0.4, -0.2) is 21.1 Å². The quantitative estimate of drug-likeness (QED) is 0.206. The van der Waals surface area contributed by atoms with Gasteiger partial charge in [-0.3, -0.25) is 10.1 Å². The van der Waals surface area contributed by atoms with Crippen molar-refractivity contribution in [1.29, 1.82) is 0 Å². The molecule has 1 heterocycles. The summed E-state index contributed by atoms with van der Waals surface area (Å²) in [4.78, 5) is 16.7. The van der Waals surface area contributed by atoms with Crippen molar-refractivity contribution in [3.8, 4) is 17.2 Å². The molecule has 0 aliphatic heterocycles. The van der Waals surface area contributed by atoms with Crippen LogP contribution in [0, 0.1) is 0 Å². The van der Waals surface area contributed by atoms with Crippen molar-refractivity contribution >= 4 is 69.3 Å². The number of aryl methyl sites for hydroxylation is 1. The highest BCUT2D eigenvalue weighted by atomic mass is 35.5. The molecule has 3 aromatic carbocycles. The molecule has 0 atom stereocenters. The molecule has 172 valence electrons. The lowest BCUT2D eigenvalue weighted by Crippen LogP contribution is -2.32. The maximum absolute atomic E-state index is 12.2. The molecule has 0 aliphatic carbocycles. The van der Waals surface area contributed by atoms with Crippen LogP contribution in [0.15, 0.2) is 65.1 Å². The number of rotatable bonds is 5. The van der Waals surface area contributed by atoms with Crippen molar-refractivity contribution in [3.63, 3.8) is 0 Å². The first-order valence-corrected chi connectivity index (χ1v) is 11.5. The molecule has 0 aliphatic rings. The molecule has 0 saturated carbocycles. The third-order valence-electron chi connectivity index (χ3n) is 4.96. The summed E-state index contributed by atoms with van der Waals surface area (Å²) >= 11 is 17.2. The van der Waals surface area contributed by atoms with E-state index in [1.54, 1.807) is 36.4 Å². The molecule has 0 fully saturated rings. The number of amides is 1. The number of anilines is 1. The van der Waals surface area contributed by atoms with Crippen LogP contribution in [0.1, 0.15) is 18.1 Å². The number of oxazole rings is 1. The first-order chi connectivity index (χ1) is 16.3. The van der Waals surface area contributed by atoms with Gasteiger partial charge in [0.25, 0.3) is 0 Å². The number of fused-ring (bicyclic) bond motifs is 1. The lowest BCUT2D eigenvalue weighted by Gasteiger charge is -2.09. The highest BCUT2D eigenvalue weighted by molar-refractivity contribution is 7.80. The van der Waals surface area contributed by atoms with Gasteiger partial charge in [-0.1, -0.05) is 42.3 Å². The summed E-state index contributed by atoms with van der Waals surface area (Å²) in [6.07, 6.45) is 3.76. The van der Waals surface area contributed by atoms with E-state index in [9.17, 15) is 9.90 Å². The molecule has 4 rings (SSSR count). The Bertz CT molecular complexity index is 1430. The van der Waals surface area contributed by atoms with Crippen LogP contribution in [0.25, 0.3) is 28.6 Å². The predicted octanol–water partition coefficient (Wildman–Crippen LogP) is 6.60. The summed E-state index contributed by atoms with van der Waals surface area (Å²) in [6.45, 7) is 2.07. The monoisotopic (exact) mass is 511 g/mol. The molecule has 9 heteroatoms. The summed E-state index contributed by atoms with van der Waals surface area (Å²) in [6, 6.07) is 15.6. The van der Waals surface area contributed by atoms with Crippen LogP contribution in [0.4, 0.5) is 5.69 Å². The SMILES string of the molecule is CCc1ccc2oc(-c3ccc(NC(=S)NC(=O)/C=C/c4ccc(Cl)cc4Cl)cc3O)nc2c1. The molecule has 1 aromatic heterocycles. The van der Waals surface area contributed by atoms with E-state index in [4.69, 9.17) is 39.8 Å². The Hall–Kier alpha value is -3.39. The molecule has 0 bridgehead atoms. The average Bonchev–Trinajstić information content (AvgIpc) is 3.21. The Labute approximate surface area is 211 Å². The number of benzene rings is 3. The lowest BCUT2D eigenvalue weighted by molar-refractivity contribution is -0.115. The van der Waals surface area contributed by atoms with Crippen molar-refractivity contribution in [1.82, 2.24) is 10.3 Å². The van der Waals surface area contributed by atoms with E-state index in [2.05, 4.69) is 22.5 Å². The number of phenols is 1. The standard InChI is InChI=1S/C25H19Cl2N3O3S/c1-2-14-3-9-22-20(11-14)29-24(33-22)18-8-7-17(13-21(18)31)28-25(34)30-23(32)10-5-15-4-6-16(26)12-19(15)27/h3-13,31H,2H2,1H3,(H2,28,30,32,34)/b10-5+. The van der Waals surface area contributed by atoms with E-state index in [1.165, 1.54) is 12.1 Å². The molecule has 4 aromatic rings. The fourth-order valence-corrected chi connectivity index (χ4v) is 3.91. The number of thiocarbonyl (C=S) groups is 1. The fourth-order valence-electron chi connectivity index (χ4n) is 3.22. The Morgan fingerprint density at radius 1 is 1.15 bits per heavy atom. The van der Waals surface area contributed by atoms with Crippen LogP contribution in [0.5, 0.6) is 5.75 Å². The molecule has 0 saturated heterocycles. The zero-order valence-corrected chi connectivity index (χ0v) is 20.3. The zero-order valence-electron chi connectivity index (χ0n) is 17.9. The number of hydrogen-bond acceptors (Lipinski definition) is 5. The smallest absolute Gasteiger partial charge is 0.250 e. The largest absolute Gasteiger partial charge is 0.507 e. The van der Waals surface area contributed by atoms with Gasteiger partial charge >= 0.3 is 0 Å². The molecule has 6 nitrogen and oxygen atoms in total. The summed E-state index contributed by atoms with van der Waals surface area (Å²) in [5.41, 5.74) is 4.10. The van der Waals surface area contributed by atoms with Gasteiger partial charge in [-0.05, 0) is 72.2 Å². The molecule has 34 heavy (non-hydrogen) atoms. The molecular weight excluding hydrogens is 493 g/mol. The molecule has 3 N–H and O–H groups in total. The van der Waals surface area contributed by atoms with Crippen molar-refractivity contribution < 1.29 is 14.3 Å². The van der Waals surface area contributed by atoms with Gasteiger partial charge in [0.15, 0.2) is 10.7 Å². The van der Waals surface area contributed by atoms with Crippen molar-refractivity contribution in [3.05, 3.63) is 81.8 Å². The van der Waals surface area contributed by atoms with E-state index in [-0.39, 0.29) is 10.9 Å². The van der Waals surface area contributed by atoms with Gasteiger partial charge in [0.1, 0.15) is 11.3 Å². The van der Waals surface area contributed by atoms with Gasteiger partial charge in [0, 0.05) is 27.9 Å². The summed E-state index contributed by atoms with van der Waals surface area (Å²) < 4.78 is 5.79.